The Morgan fingerprint density at radius 3 is 2.79 bits per heavy atom. The van der Waals surface area contributed by atoms with E-state index >= 15 is 0 Å². The summed E-state index contributed by atoms with van der Waals surface area (Å²) in [5.74, 6) is 0.766. The van der Waals surface area contributed by atoms with Gasteiger partial charge in [0.2, 0.25) is 0 Å². The van der Waals surface area contributed by atoms with E-state index in [2.05, 4.69) is 20.3 Å². The zero-order valence-electron chi connectivity index (χ0n) is 10.3. The van der Waals surface area contributed by atoms with Crippen LogP contribution in [0.3, 0.4) is 0 Å². The van der Waals surface area contributed by atoms with Crippen LogP contribution in [0.5, 0.6) is 5.75 Å². The minimum Gasteiger partial charge on any atom is -0.497 e. The number of methoxy groups -OCH3 is 1. The number of hydrogen-bond donors (Lipinski definition) is 2. The molecule has 6 heteroatoms. The van der Waals surface area contributed by atoms with E-state index in [4.69, 9.17) is 4.74 Å². The Morgan fingerprint density at radius 1 is 1.26 bits per heavy atom. The van der Waals surface area contributed by atoms with Crippen LogP contribution in [0.25, 0.3) is 0 Å². The van der Waals surface area contributed by atoms with Crippen LogP contribution in [0.1, 0.15) is 0 Å². The molecular weight excluding hydrogens is 244 g/mol. The fourth-order valence-electron chi connectivity index (χ4n) is 1.86. The third kappa shape index (κ3) is 2.20. The molecule has 1 aliphatic heterocycles. The molecule has 1 aliphatic rings. The molecule has 0 saturated carbocycles. The van der Waals surface area contributed by atoms with Crippen molar-refractivity contribution in [1.82, 2.24) is 4.98 Å². The van der Waals surface area contributed by atoms with Crippen molar-refractivity contribution >= 4 is 11.4 Å². The number of hydrogen-bond acceptors (Lipinski definition) is 5. The molecule has 0 spiro atoms. The maximum atomic E-state index is 11.9. The summed E-state index contributed by atoms with van der Waals surface area (Å²) in [6, 6.07) is 9.03. The molecule has 0 amide bonds. The van der Waals surface area contributed by atoms with Crippen molar-refractivity contribution < 1.29 is 4.74 Å². The number of aromatic nitrogens is 1. The summed E-state index contributed by atoms with van der Waals surface area (Å²) in [7, 11) is 1.61. The topological polar surface area (TPSA) is 78.8 Å². The molecule has 1 aromatic heterocycles. The number of rotatable bonds is 3. The highest BCUT2D eigenvalue weighted by Gasteiger charge is 2.05. The molecule has 19 heavy (non-hydrogen) atoms. The predicted octanol–water partition coefficient (Wildman–Crippen LogP) is 0.337. The molecule has 96 valence electrons. The molecule has 0 bridgehead atoms. The molecule has 6 nitrogen and oxygen atoms in total. The first-order valence-corrected chi connectivity index (χ1v) is 5.79. The van der Waals surface area contributed by atoms with Crippen molar-refractivity contribution in [3.63, 3.8) is 0 Å². The van der Waals surface area contributed by atoms with Gasteiger partial charge >= 0.3 is 0 Å². The van der Waals surface area contributed by atoms with Crippen molar-refractivity contribution in [2.75, 3.05) is 19.1 Å². The van der Waals surface area contributed by atoms with Crippen molar-refractivity contribution in [2.45, 2.75) is 0 Å². The Bertz CT molecular complexity index is 778. The highest BCUT2D eigenvalue weighted by Crippen LogP contribution is 2.17. The molecule has 2 heterocycles. The summed E-state index contributed by atoms with van der Waals surface area (Å²) in [4.78, 5) is 22.8. The van der Waals surface area contributed by atoms with Gasteiger partial charge in [-0.3, -0.25) is 9.79 Å². The Hall–Kier alpha value is -2.63. The molecule has 2 aromatic rings. The SMILES string of the molecule is COc1ccc(Nc2cc3c([nH]c2=O)=NCN=3)cc1. The van der Waals surface area contributed by atoms with Gasteiger partial charge in [0.1, 0.15) is 23.5 Å². The monoisotopic (exact) mass is 256 g/mol. The van der Waals surface area contributed by atoms with Crippen LogP contribution in [0.2, 0.25) is 0 Å². The number of ether oxygens (including phenoxy) is 1. The summed E-state index contributed by atoms with van der Waals surface area (Å²) >= 11 is 0. The number of nitrogens with one attached hydrogen (secondary N) is 2. The van der Waals surface area contributed by atoms with Crippen LogP contribution >= 0.6 is 0 Å². The number of benzene rings is 1. The molecule has 3 rings (SSSR count). The molecule has 0 aliphatic carbocycles. The Labute approximate surface area is 108 Å². The van der Waals surface area contributed by atoms with Gasteiger partial charge in [-0.15, -0.1) is 0 Å². The maximum absolute atomic E-state index is 11.9. The van der Waals surface area contributed by atoms with Crippen LogP contribution in [0.15, 0.2) is 45.1 Å². The molecule has 2 N–H and O–H groups in total. The summed E-state index contributed by atoms with van der Waals surface area (Å²) in [6.45, 7) is 0.372. The Balaban J connectivity index is 1.95. The van der Waals surface area contributed by atoms with E-state index in [-0.39, 0.29) is 5.56 Å². The zero-order valence-corrected chi connectivity index (χ0v) is 10.3. The normalized spacial score (nSPS) is 12.3. The van der Waals surface area contributed by atoms with Gasteiger partial charge in [0.05, 0.1) is 7.11 Å². The second kappa shape index (κ2) is 4.56. The summed E-state index contributed by atoms with van der Waals surface area (Å²) in [6.07, 6.45) is 0. The molecule has 1 aromatic carbocycles. The number of anilines is 2. The van der Waals surface area contributed by atoms with E-state index in [1.165, 1.54) is 0 Å². The molecule has 0 saturated heterocycles. The molecule has 0 unspecified atom stereocenters. The summed E-state index contributed by atoms with van der Waals surface area (Å²) < 4.78 is 5.08. The Morgan fingerprint density at radius 2 is 2.05 bits per heavy atom. The lowest BCUT2D eigenvalue weighted by Crippen LogP contribution is -2.33. The van der Waals surface area contributed by atoms with Gasteiger partial charge in [-0.25, -0.2) is 4.99 Å². The molecule has 0 atom stereocenters. The fraction of sp³-hybridized carbons (Fsp3) is 0.154. The van der Waals surface area contributed by atoms with Gasteiger partial charge in [-0.2, -0.15) is 0 Å². The van der Waals surface area contributed by atoms with Gasteiger partial charge < -0.3 is 15.0 Å². The highest BCUT2D eigenvalue weighted by molar-refractivity contribution is 5.59. The lowest BCUT2D eigenvalue weighted by atomic mass is 10.3. The average Bonchev–Trinajstić information content (AvgIpc) is 2.87. The van der Waals surface area contributed by atoms with E-state index < -0.39 is 0 Å². The van der Waals surface area contributed by atoms with Crippen LogP contribution < -0.4 is 26.5 Å². The van der Waals surface area contributed by atoms with E-state index in [0.717, 1.165) is 11.4 Å². The van der Waals surface area contributed by atoms with Crippen LogP contribution in [-0.4, -0.2) is 18.8 Å². The minimum atomic E-state index is -0.213. The van der Waals surface area contributed by atoms with E-state index in [9.17, 15) is 4.79 Å². The molecule has 0 fully saturated rings. The van der Waals surface area contributed by atoms with Gasteiger partial charge in [0.15, 0.2) is 5.49 Å². The lowest BCUT2D eigenvalue weighted by Gasteiger charge is -2.06. The van der Waals surface area contributed by atoms with Gasteiger partial charge in [0.25, 0.3) is 5.56 Å². The quantitative estimate of drug-likeness (QED) is 0.831. The van der Waals surface area contributed by atoms with Crippen LogP contribution in [0.4, 0.5) is 11.4 Å². The lowest BCUT2D eigenvalue weighted by molar-refractivity contribution is 0.415. The van der Waals surface area contributed by atoms with Gasteiger partial charge in [-0.05, 0) is 30.3 Å². The number of H-pyrrole nitrogens is 1. The van der Waals surface area contributed by atoms with E-state index in [1.807, 2.05) is 24.3 Å². The number of pyridine rings is 1. The van der Waals surface area contributed by atoms with E-state index in [1.54, 1.807) is 13.2 Å². The van der Waals surface area contributed by atoms with Crippen molar-refractivity contribution in [3.05, 3.63) is 51.5 Å². The number of aromatic amines is 1. The largest absolute Gasteiger partial charge is 0.497 e. The standard InChI is InChI=1S/C13H12N4O2/c1-19-9-4-2-8(3-5-9)16-11-6-10-12(15-7-14-10)17-13(11)18/h2-6,16H,7H2,1H3,(H,15,17,18). The first-order chi connectivity index (χ1) is 9.26. The molecule has 0 radical (unpaired) electrons. The Kier molecular flexibility index (Phi) is 2.75. The third-order valence-electron chi connectivity index (χ3n) is 2.84. The average molecular weight is 256 g/mol. The van der Waals surface area contributed by atoms with E-state index in [0.29, 0.717) is 23.2 Å². The fourth-order valence-corrected chi connectivity index (χ4v) is 1.86. The second-order valence-electron chi connectivity index (χ2n) is 4.06. The van der Waals surface area contributed by atoms with Gasteiger partial charge in [0, 0.05) is 5.69 Å². The summed E-state index contributed by atoms with van der Waals surface area (Å²) in [5, 5.41) is 3.76. The second-order valence-corrected chi connectivity index (χ2v) is 4.06. The zero-order chi connectivity index (χ0) is 13.2. The number of fused-ring (bicyclic) bond motifs is 1. The predicted molar refractivity (Wildman–Crippen MR) is 70.5 cm³/mol. The minimum absolute atomic E-state index is 0.213. The maximum Gasteiger partial charge on any atom is 0.273 e. The third-order valence-corrected chi connectivity index (χ3v) is 2.84. The van der Waals surface area contributed by atoms with Crippen LogP contribution in [0, 0.1) is 0 Å². The first-order valence-electron chi connectivity index (χ1n) is 5.79. The van der Waals surface area contributed by atoms with Crippen molar-refractivity contribution in [3.8, 4) is 5.75 Å². The summed E-state index contributed by atoms with van der Waals surface area (Å²) in [5.41, 5.74) is 1.59. The highest BCUT2D eigenvalue weighted by atomic mass is 16.5. The van der Waals surface area contributed by atoms with Crippen molar-refractivity contribution in [2.24, 2.45) is 9.98 Å². The van der Waals surface area contributed by atoms with Gasteiger partial charge in [-0.1, -0.05) is 0 Å². The smallest absolute Gasteiger partial charge is 0.273 e. The van der Waals surface area contributed by atoms with Crippen molar-refractivity contribution in [1.29, 1.82) is 0 Å². The molecular formula is C13H12N4O2. The number of nitrogens with zero attached hydrogens (tertiary/aromatic N) is 2. The van der Waals surface area contributed by atoms with Crippen LogP contribution in [-0.2, 0) is 0 Å². The first kappa shape index (κ1) is 11.5.